The summed E-state index contributed by atoms with van der Waals surface area (Å²) >= 11 is 0. The zero-order valence-corrected chi connectivity index (χ0v) is 25.1. The number of ether oxygens (including phenoxy) is 1. The SMILES string of the molecule is C[C@@H]1CCN([C@@H](C)CCc2ccc(C3Oc4cc(F)c(O)c(F)c4C(C4CC4)=C3c3cccc(S(C)(=O)=O)c3)cc2)C1. The van der Waals surface area contributed by atoms with Gasteiger partial charge in [-0.25, -0.2) is 17.2 Å². The molecule has 2 aliphatic heterocycles. The van der Waals surface area contributed by atoms with Gasteiger partial charge in [-0.05, 0) is 91.8 Å². The summed E-state index contributed by atoms with van der Waals surface area (Å²) in [6, 6.07) is 16.3. The summed E-state index contributed by atoms with van der Waals surface area (Å²) in [6.07, 6.45) is 5.28. The molecule has 1 aliphatic carbocycles. The van der Waals surface area contributed by atoms with Gasteiger partial charge in [0.2, 0.25) is 0 Å². The van der Waals surface area contributed by atoms with Gasteiger partial charge in [0.1, 0.15) is 11.9 Å². The normalized spacial score (nSPS) is 21.7. The van der Waals surface area contributed by atoms with Crippen LogP contribution in [0.4, 0.5) is 8.78 Å². The number of aryl methyl sites for hydroxylation is 1. The van der Waals surface area contributed by atoms with Crippen molar-refractivity contribution in [1.29, 1.82) is 0 Å². The number of benzene rings is 3. The van der Waals surface area contributed by atoms with Crippen molar-refractivity contribution in [3.8, 4) is 11.5 Å². The number of rotatable bonds is 8. The maximum absolute atomic E-state index is 15.5. The van der Waals surface area contributed by atoms with Crippen LogP contribution in [0.15, 0.2) is 59.5 Å². The Balaban J connectivity index is 1.40. The number of fused-ring (bicyclic) bond motifs is 1. The molecule has 3 aliphatic rings. The topological polar surface area (TPSA) is 66.8 Å². The number of hydrogen-bond acceptors (Lipinski definition) is 5. The van der Waals surface area contributed by atoms with Gasteiger partial charge in [-0.3, -0.25) is 0 Å². The van der Waals surface area contributed by atoms with Gasteiger partial charge >= 0.3 is 0 Å². The zero-order valence-electron chi connectivity index (χ0n) is 24.2. The van der Waals surface area contributed by atoms with Crippen molar-refractivity contribution in [2.45, 2.75) is 63.0 Å². The molecule has 1 unspecified atom stereocenters. The van der Waals surface area contributed by atoms with Crippen molar-refractivity contribution in [1.82, 2.24) is 4.90 Å². The van der Waals surface area contributed by atoms with E-state index in [1.165, 1.54) is 18.1 Å². The number of aromatic hydroxyl groups is 1. The molecule has 5 nitrogen and oxygen atoms in total. The first-order valence-electron chi connectivity index (χ1n) is 14.8. The molecule has 1 saturated heterocycles. The molecule has 2 heterocycles. The molecule has 0 spiro atoms. The van der Waals surface area contributed by atoms with E-state index in [1.807, 2.05) is 12.1 Å². The number of sulfone groups is 1. The molecule has 2 fully saturated rings. The molecule has 42 heavy (non-hydrogen) atoms. The molecule has 0 aromatic heterocycles. The van der Waals surface area contributed by atoms with Crippen molar-refractivity contribution in [2.24, 2.45) is 11.8 Å². The minimum Gasteiger partial charge on any atom is -0.503 e. The second kappa shape index (κ2) is 11.1. The lowest BCUT2D eigenvalue weighted by molar-refractivity contribution is 0.240. The highest BCUT2D eigenvalue weighted by atomic mass is 32.2. The van der Waals surface area contributed by atoms with Gasteiger partial charge < -0.3 is 14.7 Å². The van der Waals surface area contributed by atoms with Gasteiger partial charge in [0.15, 0.2) is 27.2 Å². The largest absolute Gasteiger partial charge is 0.503 e. The Hall–Kier alpha value is -3.23. The Kier molecular flexibility index (Phi) is 7.64. The van der Waals surface area contributed by atoms with E-state index in [0.29, 0.717) is 22.8 Å². The molecule has 0 bridgehead atoms. The van der Waals surface area contributed by atoms with Gasteiger partial charge in [-0.15, -0.1) is 0 Å². The molecule has 0 radical (unpaired) electrons. The van der Waals surface area contributed by atoms with E-state index < -0.39 is 33.3 Å². The minimum absolute atomic E-state index is 0.0135. The van der Waals surface area contributed by atoms with Crippen molar-refractivity contribution in [3.63, 3.8) is 0 Å². The number of hydrogen-bond donors (Lipinski definition) is 1. The van der Waals surface area contributed by atoms with Crippen LogP contribution >= 0.6 is 0 Å². The summed E-state index contributed by atoms with van der Waals surface area (Å²) in [5.74, 6) is -2.41. The number of halogens is 2. The standard InChI is InChI=1S/C34H37F2NO4S/c1-20-15-16-37(19-20)21(2)7-8-22-9-11-24(12-10-22)34-30(25-5-4-6-26(17-25)42(3,39)40)29(23-13-14-23)31-28(41-34)18-27(35)33(38)32(31)36/h4-6,9-12,17-18,20-21,23,34,38H,7-8,13-16,19H2,1-3H3/t20-,21+,34?/m1/s1. The molecular formula is C34H37F2NO4S. The molecule has 1 saturated carbocycles. The fourth-order valence-electron chi connectivity index (χ4n) is 6.41. The van der Waals surface area contributed by atoms with Gasteiger partial charge in [0.25, 0.3) is 0 Å². The van der Waals surface area contributed by atoms with Crippen molar-refractivity contribution >= 4 is 21.0 Å². The molecular weight excluding hydrogens is 556 g/mol. The van der Waals surface area contributed by atoms with Gasteiger partial charge in [-0.2, -0.15) is 0 Å². The first kappa shape index (κ1) is 28.9. The maximum Gasteiger partial charge on any atom is 0.188 e. The number of likely N-dealkylation sites (tertiary alicyclic amines) is 1. The zero-order chi connectivity index (χ0) is 29.8. The summed E-state index contributed by atoms with van der Waals surface area (Å²) in [5.41, 5.74) is 3.92. The molecule has 8 heteroatoms. The van der Waals surface area contributed by atoms with E-state index in [1.54, 1.807) is 18.2 Å². The Bertz CT molecular complexity index is 1650. The average Bonchev–Trinajstić information content (AvgIpc) is 3.72. The average molecular weight is 594 g/mol. The molecule has 6 rings (SSSR count). The monoisotopic (exact) mass is 593 g/mol. The van der Waals surface area contributed by atoms with Crippen LogP contribution in [0.1, 0.15) is 67.9 Å². The molecule has 3 atom stereocenters. The number of nitrogens with zero attached hydrogens (tertiary/aromatic N) is 1. The third kappa shape index (κ3) is 5.59. The molecule has 1 N–H and O–H groups in total. The molecule has 222 valence electrons. The predicted octanol–water partition coefficient (Wildman–Crippen LogP) is 7.19. The third-order valence-electron chi connectivity index (χ3n) is 9.00. The summed E-state index contributed by atoms with van der Waals surface area (Å²) in [7, 11) is -3.51. The van der Waals surface area contributed by atoms with Crippen LogP contribution in [-0.2, 0) is 16.3 Å². The minimum atomic E-state index is -3.51. The third-order valence-corrected chi connectivity index (χ3v) is 10.1. The summed E-state index contributed by atoms with van der Waals surface area (Å²) in [6.45, 7) is 6.90. The van der Waals surface area contributed by atoms with E-state index in [9.17, 15) is 17.9 Å². The Morgan fingerprint density at radius 2 is 1.79 bits per heavy atom. The van der Waals surface area contributed by atoms with Gasteiger partial charge in [0.05, 0.1) is 10.5 Å². The lowest BCUT2D eigenvalue weighted by Gasteiger charge is -2.33. The van der Waals surface area contributed by atoms with E-state index in [0.717, 1.165) is 62.6 Å². The number of phenols is 1. The number of phenolic OH excluding ortho intramolecular Hbond substituents is 1. The van der Waals surface area contributed by atoms with Crippen LogP contribution in [0.3, 0.4) is 0 Å². The summed E-state index contributed by atoms with van der Waals surface area (Å²) < 4.78 is 61.3. The van der Waals surface area contributed by atoms with Crippen LogP contribution in [0.5, 0.6) is 11.5 Å². The summed E-state index contributed by atoms with van der Waals surface area (Å²) in [5, 5.41) is 10.2. The second-order valence-corrected chi connectivity index (χ2v) is 14.3. The first-order valence-corrected chi connectivity index (χ1v) is 16.7. The van der Waals surface area contributed by atoms with Gasteiger partial charge in [-0.1, -0.05) is 43.3 Å². The Morgan fingerprint density at radius 3 is 2.43 bits per heavy atom. The molecule has 0 amide bonds. The Morgan fingerprint density at radius 1 is 1.05 bits per heavy atom. The smallest absolute Gasteiger partial charge is 0.188 e. The van der Waals surface area contributed by atoms with Crippen LogP contribution in [0.2, 0.25) is 0 Å². The molecule has 3 aromatic rings. The van der Waals surface area contributed by atoms with Crippen molar-refractivity contribution in [2.75, 3.05) is 19.3 Å². The van der Waals surface area contributed by atoms with Crippen molar-refractivity contribution in [3.05, 3.63) is 88.5 Å². The lowest BCUT2D eigenvalue weighted by Crippen LogP contribution is -2.31. The highest BCUT2D eigenvalue weighted by Crippen LogP contribution is 2.56. The molecule has 3 aromatic carbocycles. The predicted molar refractivity (Wildman–Crippen MR) is 160 cm³/mol. The fourth-order valence-corrected chi connectivity index (χ4v) is 7.08. The highest BCUT2D eigenvalue weighted by Gasteiger charge is 2.41. The lowest BCUT2D eigenvalue weighted by atomic mass is 9.83. The second-order valence-electron chi connectivity index (χ2n) is 12.3. The highest BCUT2D eigenvalue weighted by molar-refractivity contribution is 7.90. The van der Waals surface area contributed by atoms with Crippen LogP contribution in [-0.4, -0.2) is 43.8 Å². The van der Waals surface area contributed by atoms with Gasteiger partial charge in [0, 0.05) is 30.5 Å². The van der Waals surface area contributed by atoms with Crippen LogP contribution < -0.4 is 4.74 Å². The first-order chi connectivity index (χ1) is 20.0. The van der Waals surface area contributed by atoms with E-state index in [4.69, 9.17) is 4.74 Å². The fraction of sp³-hybridized carbons (Fsp3) is 0.412. The Labute approximate surface area is 246 Å². The maximum atomic E-state index is 15.5. The van der Waals surface area contributed by atoms with Crippen LogP contribution in [0.25, 0.3) is 11.1 Å². The van der Waals surface area contributed by atoms with E-state index >= 15 is 4.39 Å². The van der Waals surface area contributed by atoms with E-state index in [2.05, 4.69) is 30.9 Å². The van der Waals surface area contributed by atoms with Crippen molar-refractivity contribution < 1.29 is 27.0 Å². The number of allylic oxidation sites excluding steroid dienone is 1. The summed E-state index contributed by atoms with van der Waals surface area (Å²) in [4.78, 5) is 2.70. The van der Waals surface area contributed by atoms with E-state index in [-0.39, 0.29) is 22.1 Å². The quantitative estimate of drug-likeness (QED) is 0.300. The van der Waals surface area contributed by atoms with Crippen LogP contribution in [0, 0.1) is 23.5 Å².